The number of carbonyl (C=O) groups excluding carboxylic acids is 2. The van der Waals surface area contributed by atoms with Crippen LogP contribution in [-0.4, -0.2) is 35.4 Å². The predicted octanol–water partition coefficient (Wildman–Crippen LogP) is 6.68. The Labute approximate surface area is 235 Å². The summed E-state index contributed by atoms with van der Waals surface area (Å²) in [6.45, 7) is 0.158. The third-order valence-electron chi connectivity index (χ3n) is 6.66. The summed E-state index contributed by atoms with van der Waals surface area (Å²) in [5, 5.41) is 3.26. The van der Waals surface area contributed by atoms with Crippen LogP contribution < -0.4 is 10.1 Å². The van der Waals surface area contributed by atoms with Crippen LogP contribution in [0.4, 0.5) is 0 Å². The van der Waals surface area contributed by atoms with Crippen LogP contribution in [0.3, 0.4) is 0 Å². The van der Waals surface area contributed by atoms with Gasteiger partial charge in [-0.25, -0.2) is 0 Å². The molecule has 1 atom stereocenters. The second-order valence-electron chi connectivity index (χ2n) is 9.44. The minimum Gasteiger partial charge on any atom is -0.484 e. The van der Waals surface area contributed by atoms with Crippen molar-refractivity contribution < 1.29 is 14.3 Å². The van der Waals surface area contributed by atoms with E-state index in [9.17, 15) is 9.59 Å². The van der Waals surface area contributed by atoms with E-state index in [-0.39, 0.29) is 24.5 Å². The molecule has 0 radical (unpaired) electrons. The van der Waals surface area contributed by atoms with Gasteiger partial charge in [-0.2, -0.15) is 0 Å². The number of ether oxygens (including phenoxy) is 1. The third-order valence-corrected chi connectivity index (χ3v) is 7.72. The normalized spacial score (nSPS) is 14.5. The molecular weight excluding hydrogens is 596 g/mol. The first-order valence-electron chi connectivity index (χ1n) is 12.7. The number of hydrogen-bond donors (Lipinski definition) is 1. The van der Waals surface area contributed by atoms with Gasteiger partial charge in [-0.3, -0.25) is 9.59 Å². The summed E-state index contributed by atoms with van der Waals surface area (Å²) < 4.78 is 7.74. The number of amides is 2. The zero-order chi connectivity index (χ0) is 26.0. The highest BCUT2D eigenvalue weighted by atomic mass is 79.9. The summed E-state index contributed by atoms with van der Waals surface area (Å²) in [5.41, 5.74) is 1.96. The molecule has 1 N–H and O–H groups in total. The van der Waals surface area contributed by atoms with E-state index in [1.165, 1.54) is 6.42 Å². The number of rotatable bonds is 10. The highest BCUT2D eigenvalue weighted by Crippen LogP contribution is 2.21. The van der Waals surface area contributed by atoms with Crippen molar-refractivity contribution in [3.8, 4) is 5.75 Å². The standard InChI is InChI=1S/C30H32Br2N2O3/c31-24-13-11-23(12-14-24)20-34(29(35)21-37-27-17-15-25(32)16-18-27)28(19-22-7-3-1-4-8-22)30(36)33-26-9-5-2-6-10-26/h1,3-4,7-8,11-18,26,28H,2,5-6,9-10,19-21H2,(H,33,36)/t28-/m0/s1. The van der Waals surface area contributed by atoms with Crippen LogP contribution in [0.5, 0.6) is 5.75 Å². The Balaban J connectivity index is 1.59. The predicted molar refractivity (Wildman–Crippen MR) is 153 cm³/mol. The van der Waals surface area contributed by atoms with E-state index >= 15 is 0 Å². The number of nitrogens with zero attached hydrogens (tertiary/aromatic N) is 1. The molecule has 7 heteroatoms. The maximum absolute atomic E-state index is 13.8. The van der Waals surface area contributed by atoms with Crippen LogP contribution in [0.25, 0.3) is 0 Å². The summed E-state index contributed by atoms with van der Waals surface area (Å²) in [6.07, 6.45) is 5.85. The monoisotopic (exact) mass is 626 g/mol. The van der Waals surface area contributed by atoms with Gasteiger partial charge in [-0.05, 0) is 60.4 Å². The van der Waals surface area contributed by atoms with Gasteiger partial charge < -0.3 is 15.0 Å². The maximum atomic E-state index is 13.8. The van der Waals surface area contributed by atoms with Crippen molar-refractivity contribution in [1.29, 1.82) is 0 Å². The summed E-state index contributed by atoms with van der Waals surface area (Å²) in [4.78, 5) is 29.1. The molecule has 37 heavy (non-hydrogen) atoms. The second kappa shape index (κ2) is 13.8. The summed E-state index contributed by atoms with van der Waals surface area (Å²) in [7, 11) is 0. The summed E-state index contributed by atoms with van der Waals surface area (Å²) in [6, 6.07) is 24.6. The molecule has 0 saturated heterocycles. The second-order valence-corrected chi connectivity index (χ2v) is 11.3. The van der Waals surface area contributed by atoms with Crippen LogP contribution >= 0.6 is 31.9 Å². The molecule has 0 bridgehead atoms. The molecule has 0 aliphatic heterocycles. The van der Waals surface area contributed by atoms with Crippen molar-refractivity contribution in [2.24, 2.45) is 0 Å². The Morgan fingerprint density at radius 3 is 2.11 bits per heavy atom. The zero-order valence-corrected chi connectivity index (χ0v) is 23.9. The number of nitrogens with one attached hydrogen (secondary N) is 1. The van der Waals surface area contributed by atoms with Gasteiger partial charge in [0.15, 0.2) is 6.61 Å². The Morgan fingerprint density at radius 1 is 0.838 bits per heavy atom. The first-order chi connectivity index (χ1) is 18.0. The third kappa shape index (κ3) is 8.44. The SMILES string of the molecule is O=C(NC1CCCCC1)[C@H](Cc1ccccc1)N(Cc1ccc(Br)cc1)C(=O)COc1ccc(Br)cc1. The summed E-state index contributed by atoms with van der Waals surface area (Å²) >= 11 is 6.90. The van der Waals surface area contributed by atoms with Gasteiger partial charge in [0.05, 0.1) is 0 Å². The average Bonchev–Trinajstić information content (AvgIpc) is 2.92. The lowest BCUT2D eigenvalue weighted by molar-refractivity contribution is -0.143. The average molecular weight is 628 g/mol. The molecule has 1 saturated carbocycles. The van der Waals surface area contributed by atoms with E-state index in [2.05, 4.69) is 37.2 Å². The smallest absolute Gasteiger partial charge is 0.261 e. The highest BCUT2D eigenvalue weighted by Gasteiger charge is 2.32. The van der Waals surface area contributed by atoms with Crippen LogP contribution in [0.15, 0.2) is 87.8 Å². The fourth-order valence-electron chi connectivity index (χ4n) is 4.64. The van der Waals surface area contributed by atoms with Crippen molar-refractivity contribution in [3.63, 3.8) is 0 Å². The lowest BCUT2D eigenvalue weighted by Gasteiger charge is -2.33. The van der Waals surface area contributed by atoms with Gasteiger partial charge >= 0.3 is 0 Å². The molecule has 3 aromatic rings. The maximum Gasteiger partial charge on any atom is 0.261 e. The molecule has 0 heterocycles. The number of halogens is 2. The fraction of sp³-hybridized carbons (Fsp3) is 0.333. The Bertz CT molecular complexity index is 1150. The lowest BCUT2D eigenvalue weighted by atomic mass is 9.94. The molecule has 4 rings (SSSR count). The molecule has 194 valence electrons. The highest BCUT2D eigenvalue weighted by molar-refractivity contribution is 9.10. The quantitative estimate of drug-likeness (QED) is 0.273. The van der Waals surface area contributed by atoms with Crippen molar-refractivity contribution in [1.82, 2.24) is 10.2 Å². The first kappa shape index (κ1) is 27.4. The molecule has 5 nitrogen and oxygen atoms in total. The molecule has 0 aromatic heterocycles. The van der Waals surface area contributed by atoms with Crippen molar-refractivity contribution in [3.05, 3.63) is 98.9 Å². The number of hydrogen-bond acceptors (Lipinski definition) is 3. The Hall–Kier alpha value is -2.64. The lowest BCUT2D eigenvalue weighted by Crippen LogP contribution is -2.53. The molecule has 3 aromatic carbocycles. The molecular formula is C30H32Br2N2O3. The molecule has 0 unspecified atom stereocenters. The van der Waals surface area contributed by atoms with E-state index in [0.29, 0.717) is 18.7 Å². The first-order valence-corrected chi connectivity index (χ1v) is 14.3. The van der Waals surface area contributed by atoms with Crippen LogP contribution in [0.2, 0.25) is 0 Å². The molecule has 1 fully saturated rings. The molecule has 2 amide bonds. The van der Waals surface area contributed by atoms with E-state index in [1.54, 1.807) is 4.90 Å². The minimum absolute atomic E-state index is 0.107. The summed E-state index contributed by atoms with van der Waals surface area (Å²) in [5.74, 6) is 0.266. The Kier molecular flexibility index (Phi) is 10.2. The van der Waals surface area contributed by atoms with Crippen LogP contribution in [-0.2, 0) is 22.6 Å². The van der Waals surface area contributed by atoms with Crippen molar-refractivity contribution >= 4 is 43.7 Å². The van der Waals surface area contributed by atoms with Crippen molar-refractivity contribution in [2.75, 3.05) is 6.61 Å². The molecule has 1 aliphatic rings. The van der Waals surface area contributed by atoms with Crippen molar-refractivity contribution in [2.45, 2.75) is 57.2 Å². The van der Waals surface area contributed by atoms with E-state index in [0.717, 1.165) is 45.8 Å². The van der Waals surface area contributed by atoms with Gasteiger partial charge in [0.1, 0.15) is 11.8 Å². The van der Waals surface area contributed by atoms with Crippen LogP contribution in [0.1, 0.15) is 43.2 Å². The van der Waals surface area contributed by atoms with Gasteiger partial charge in [-0.15, -0.1) is 0 Å². The number of carbonyl (C=O) groups is 2. The minimum atomic E-state index is -0.658. The fourth-order valence-corrected chi connectivity index (χ4v) is 5.17. The van der Waals surface area contributed by atoms with Gasteiger partial charge in [0, 0.05) is 28.0 Å². The van der Waals surface area contributed by atoms with Gasteiger partial charge in [0.2, 0.25) is 5.91 Å². The largest absolute Gasteiger partial charge is 0.484 e. The topological polar surface area (TPSA) is 58.6 Å². The Morgan fingerprint density at radius 2 is 1.46 bits per heavy atom. The van der Waals surface area contributed by atoms with E-state index in [4.69, 9.17) is 4.74 Å². The molecule has 0 spiro atoms. The van der Waals surface area contributed by atoms with E-state index in [1.807, 2.05) is 78.9 Å². The van der Waals surface area contributed by atoms with Gasteiger partial charge in [0.25, 0.3) is 5.91 Å². The van der Waals surface area contributed by atoms with E-state index < -0.39 is 6.04 Å². The molecule has 1 aliphatic carbocycles. The van der Waals surface area contributed by atoms with Gasteiger partial charge in [-0.1, -0.05) is 93.6 Å². The van der Waals surface area contributed by atoms with Crippen LogP contribution in [0, 0.1) is 0 Å². The zero-order valence-electron chi connectivity index (χ0n) is 20.7. The number of benzene rings is 3.